The molecule has 1 aromatic carbocycles. The van der Waals surface area contributed by atoms with Gasteiger partial charge in [0.2, 0.25) is 0 Å². The zero-order valence-corrected chi connectivity index (χ0v) is 12.1. The number of halogens is 1. The van der Waals surface area contributed by atoms with Gasteiger partial charge in [-0.05, 0) is 34.8 Å². The third kappa shape index (κ3) is 3.16. The molecule has 0 aromatic heterocycles. The molecule has 0 atom stereocenters. The van der Waals surface area contributed by atoms with Crippen molar-refractivity contribution in [2.24, 2.45) is 0 Å². The van der Waals surface area contributed by atoms with Gasteiger partial charge in [0.05, 0.1) is 12.2 Å². The van der Waals surface area contributed by atoms with Gasteiger partial charge in [-0.25, -0.2) is 4.79 Å². The molecule has 1 aromatic rings. The van der Waals surface area contributed by atoms with Crippen LogP contribution in [0.2, 0.25) is 0 Å². The van der Waals surface area contributed by atoms with Gasteiger partial charge in [0.1, 0.15) is 16.0 Å². The number of aromatic carboxylic acids is 1. The molecule has 0 aliphatic rings. The predicted octanol–water partition coefficient (Wildman–Crippen LogP) is 3.59. The van der Waals surface area contributed by atoms with Crippen molar-refractivity contribution in [3.05, 3.63) is 21.7 Å². The number of carboxylic acids is 1. The number of phenolic OH excluding ortho intramolecular Hbond substituents is 1. The van der Waals surface area contributed by atoms with E-state index in [0.717, 1.165) is 12.8 Å². The predicted molar refractivity (Wildman–Crippen MR) is 72.5 cm³/mol. The molecule has 0 radical (unpaired) electrons. The molecule has 18 heavy (non-hydrogen) atoms. The van der Waals surface area contributed by atoms with Crippen LogP contribution in [0.5, 0.6) is 11.5 Å². The molecule has 2 N–H and O–H groups in total. The van der Waals surface area contributed by atoms with Crippen LogP contribution in [0.4, 0.5) is 0 Å². The van der Waals surface area contributed by atoms with Gasteiger partial charge in [0.25, 0.3) is 0 Å². The molecule has 0 amide bonds. The summed E-state index contributed by atoms with van der Waals surface area (Å²) in [5.74, 6) is -0.741. The fourth-order valence-electron chi connectivity index (χ4n) is 1.64. The minimum atomic E-state index is -1.06. The lowest BCUT2D eigenvalue weighted by atomic mass is 10.0. The number of rotatable bonds is 6. The smallest absolute Gasteiger partial charge is 0.336 e. The van der Waals surface area contributed by atoms with Gasteiger partial charge in [-0.3, -0.25) is 0 Å². The fraction of sp³-hybridized carbons (Fsp3) is 0.462. The Hall–Kier alpha value is -1.23. The summed E-state index contributed by atoms with van der Waals surface area (Å²) < 4.78 is 5.90. The molecule has 0 spiro atoms. The largest absolute Gasteiger partial charge is 0.506 e. The van der Waals surface area contributed by atoms with Crippen LogP contribution in [0, 0.1) is 0 Å². The molecular formula is C13H17BrO4. The highest BCUT2D eigenvalue weighted by molar-refractivity contribution is 9.10. The van der Waals surface area contributed by atoms with E-state index in [1.54, 1.807) is 6.92 Å². The van der Waals surface area contributed by atoms with Crippen LogP contribution in [-0.2, 0) is 6.42 Å². The Morgan fingerprint density at radius 2 is 2.11 bits per heavy atom. The van der Waals surface area contributed by atoms with E-state index >= 15 is 0 Å². The number of aromatic hydroxyl groups is 1. The van der Waals surface area contributed by atoms with Crippen LogP contribution in [0.1, 0.15) is 42.6 Å². The van der Waals surface area contributed by atoms with E-state index in [-0.39, 0.29) is 11.3 Å². The first kappa shape index (κ1) is 14.8. The second-order valence-electron chi connectivity index (χ2n) is 3.92. The molecule has 0 unspecified atom stereocenters. The molecule has 0 aliphatic heterocycles. The maximum Gasteiger partial charge on any atom is 0.336 e. The van der Waals surface area contributed by atoms with Gasteiger partial charge in [-0.15, -0.1) is 0 Å². The van der Waals surface area contributed by atoms with Gasteiger partial charge in [-0.1, -0.05) is 20.3 Å². The Morgan fingerprint density at radius 1 is 1.44 bits per heavy atom. The van der Waals surface area contributed by atoms with Gasteiger partial charge in [-0.2, -0.15) is 0 Å². The summed E-state index contributed by atoms with van der Waals surface area (Å²) in [6, 6.07) is 1.46. The molecule has 0 bridgehead atoms. The second-order valence-corrected chi connectivity index (χ2v) is 4.72. The molecule has 0 aliphatic carbocycles. The van der Waals surface area contributed by atoms with Gasteiger partial charge in [0, 0.05) is 5.56 Å². The second kappa shape index (κ2) is 6.64. The SMILES string of the molecule is CCCCOc1cc(C(=O)O)c(CC)c(O)c1Br. The van der Waals surface area contributed by atoms with E-state index < -0.39 is 5.97 Å². The molecule has 4 nitrogen and oxygen atoms in total. The molecule has 0 heterocycles. The van der Waals surface area contributed by atoms with Gasteiger partial charge >= 0.3 is 5.97 Å². The van der Waals surface area contributed by atoms with Gasteiger partial charge < -0.3 is 14.9 Å². The first-order chi connectivity index (χ1) is 8.52. The molecule has 0 saturated carbocycles. The third-order valence-corrected chi connectivity index (χ3v) is 3.42. The van der Waals surface area contributed by atoms with Crippen molar-refractivity contribution in [2.45, 2.75) is 33.1 Å². The van der Waals surface area contributed by atoms with E-state index in [9.17, 15) is 9.90 Å². The number of carboxylic acid groups (broad SMARTS) is 1. The highest BCUT2D eigenvalue weighted by Gasteiger charge is 2.19. The molecule has 0 saturated heterocycles. The summed E-state index contributed by atoms with van der Waals surface area (Å²) in [4.78, 5) is 11.1. The number of hydrogen-bond donors (Lipinski definition) is 2. The van der Waals surface area contributed by atoms with Crippen LogP contribution < -0.4 is 4.74 Å². The van der Waals surface area contributed by atoms with Crippen LogP contribution >= 0.6 is 15.9 Å². The van der Waals surface area contributed by atoms with E-state index in [1.165, 1.54) is 6.07 Å². The highest BCUT2D eigenvalue weighted by Crippen LogP contribution is 2.39. The summed E-state index contributed by atoms with van der Waals surface area (Å²) in [6.45, 7) is 4.34. The number of carbonyl (C=O) groups is 1. The first-order valence-electron chi connectivity index (χ1n) is 5.93. The summed E-state index contributed by atoms with van der Waals surface area (Å²) in [7, 11) is 0. The van der Waals surface area contributed by atoms with Crippen molar-refractivity contribution in [3.63, 3.8) is 0 Å². The maximum absolute atomic E-state index is 11.1. The lowest BCUT2D eigenvalue weighted by molar-refractivity contribution is 0.0694. The monoisotopic (exact) mass is 316 g/mol. The third-order valence-electron chi connectivity index (χ3n) is 2.65. The van der Waals surface area contributed by atoms with E-state index in [4.69, 9.17) is 9.84 Å². The number of hydrogen-bond acceptors (Lipinski definition) is 3. The Morgan fingerprint density at radius 3 is 2.61 bits per heavy atom. The van der Waals surface area contributed by atoms with Crippen molar-refractivity contribution in [3.8, 4) is 11.5 Å². The topological polar surface area (TPSA) is 66.8 Å². The summed E-state index contributed by atoms with van der Waals surface area (Å²) >= 11 is 3.24. The molecule has 0 fully saturated rings. The molecular weight excluding hydrogens is 300 g/mol. The Labute approximate surface area is 115 Å². The standard InChI is InChI=1S/C13H17BrO4/c1-3-5-6-18-10-7-9(13(16)17)8(4-2)12(15)11(10)14/h7,15H,3-6H2,1-2H3,(H,16,17). The van der Waals surface area contributed by atoms with Crippen molar-refractivity contribution >= 4 is 21.9 Å². The maximum atomic E-state index is 11.1. The number of benzene rings is 1. The molecule has 100 valence electrons. The zero-order chi connectivity index (χ0) is 13.7. The van der Waals surface area contributed by atoms with Crippen LogP contribution in [-0.4, -0.2) is 22.8 Å². The highest BCUT2D eigenvalue weighted by atomic mass is 79.9. The first-order valence-corrected chi connectivity index (χ1v) is 6.72. The van der Waals surface area contributed by atoms with E-state index in [0.29, 0.717) is 28.8 Å². The van der Waals surface area contributed by atoms with Crippen LogP contribution in [0.15, 0.2) is 10.5 Å². The van der Waals surface area contributed by atoms with Gasteiger partial charge in [0.15, 0.2) is 0 Å². The summed E-state index contributed by atoms with van der Waals surface area (Å²) in [6.07, 6.45) is 2.31. The lowest BCUT2D eigenvalue weighted by Crippen LogP contribution is -2.05. The normalized spacial score (nSPS) is 10.4. The minimum Gasteiger partial charge on any atom is -0.506 e. The Kier molecular flexibility index (Phi) is 5.47. The minimum absolute atomic E-state index is 0.0519. The summed E-state index contributed by atoms with van der Waals surface area (Å²) in [5, 5.41) is 19.1. The van der Waals surface area contributed by atoms with Crippen molar-refractivity contribution in [2.75, 3.05) is 6.61 Å². The zero-order valence-electron chi connectivity index (χ0n) is 10.5. The average Bonchev–Trinajstić information content (AvgIpc) is 2.34. The fourth-order valence-corrected chi connectivity index (χ4v) is 2.11. The van der Waals surface area contributed by atoms with Crippen molar-refractivity contribution in [1.82, 2.24) is 0 Å². The van der Waals surface area contributed by atoms with E-state index in [1.807, 2.05) is 6.92 Å². The number of unbranched alkanes of at least 4 members (excludes halogenated alkanes) is 1. The van der Waals surface area contributed by atoms with Crippen molar-refractivity contribution < 1.29 is 19.7 Å². The Bertz CT molecular complexity index is 443. The number of ether oxygens (including phenoxy) is 1. The van der Waals surface area contributed by atoms with Crippen LogP contribution in [0.3, 0.4) is 0 Å². The average molecular weight is 317 g/mol. The van der Waals surface area contributed by atoms with Crippen molar-refractivity contribution in [1.29, 1.82) is 0 Å². The number of phenols is 1. The Balaban J connectivity index is 3.16. The lowest BCUT2D eigenvalue weighted by Gasteiger charge is -2.14. The van der Waals surface area contributed by atoms with E-state index in [2.05, 4.69) is 15.9 Å². The molecule has 1 rings (SSSR count). The summed E-state index contributed by atoms with van der Waals surface area (Å²) in [5.41, 5.74) is 0.502. The molecule has 5 heteroatoms. The van der Waals surface area contributed by atoms with Crippen LogP contribution in [0.25, 0.3) is 0 Å². The quantitative estimate of drug-likeness (QED) is 0.787.